The third-order valence-electron chi connectivity index (χ3n) is 6.91. The largest absolute Gasteiger partial charge is 0.395 e. The van der Waals surface area contributed by atoms with Gasteiger partial charge in [-0.2, -0.15) is 4.91 Å². The zero-order valence-electron chi connectivity index (χ0n) is 19.6. The number of piperazine rings is 1. The molecule has 184 valence electrons. The molecule has 0 bridgehead atoms. The van der Waals surface area contributed by atoms with E-state index in [-0.39, 0.29) is 6.61 Å². The highest BCUT2D eigenvalue weighted by molar-refractivity contribution is 5.71. The predicted octanol–water partition coefficient (Wildman–Crippen LogP) is 2.37. The molecule has 2 heterocycles. The fourth-order valence-electron chi connectivity index (χ4n) is 4.77. The first-order valence-electron chi connectivity index (χ1n) is 12.1. The number of piperidine rings is 1. The number of nitrogens with one attached hydrogen (secondary N) is 1. The van der Waals surface area contributed by atoms with E-state index in [0.29, 0.717) is 18.7 Å². The number of likely N-dealkylation sites (N-methyl/N-ethyl adjacent to an activating group) is 1. The Morgan fingerprint density at radius 2 is 1.82 bits per heavy atom. The SMILES string of the molecule is CN1CCN(c2ccc(NCCCCCCN3CC[C@@H](O)C(N=O)[C@H]3CO)c(N=O)c2)CC1. The predicted molar refractivity (Wildman–Crippen MR) is 131 cm³/mol. The molecular weight excluding hydrogens is 424 g/mol. The molecule has 2 aliphatic heterocycles. The van der Waals surface area contributed by atoms with Gasteiger partial charge in [0.25, 0.3) is 0 Å². The Bertz CT molecular complexity index is 758. The summed E-state index contributed by atoms with van der Waals surface area (Å²) in [6.07, 6.45) is 3.74. The van der Waals surface area contributed by atoms with Crippen molar-refractivity contribution < 1.29 is 10.2 Å². The van der Waals surface area contributed by atoms with Gasteiger partial charge in [-0.1, -0.05) is 18.0 Å². The molecule has 10 heteroatoms. The number of hydrogen-bond donors (Lipinski definition) is 3. The summed E-state index contributed by atoms with van der Waals surface area (Å²) in [5.74, 6) is 0. The highest BCUT2D eigenvalue weighted by Crippen LogP contribution is 2.30. The van der Waals surface area contributed by atoms with Crippen LogP contribution in [0.4, 0.5) is 17.1 Å². The molecular formula is C23H38N6O4. The lowest BCUT2D eigenvalue weighted by atomic mass is 9.94. The molecule has 33 heavy (non-hydrogen) atoms. The van der Waals surface area contributed by atoms with Crippen LogP contribution in [0.3, 0.4) is 0 Å². The first-order chi connectivity index (χ1) is 16.1. The third-order valence-corrected chi connectivity index (χ3v) is 6.91. The molecule has 1 unspecified atom stereocenters. The quantitative estimate of drug-likeness (QED) is 0.320. The van der Waals surface area contributed by atoms with E-state index < -0.39 is 18.2 Å². The molecule has 1 aromatic carbocycles. The second kappa shape index (κ2) is 12.9. The van der Waals surface area contributed by atoms with Gasteiger partial charge in [0.2, 0.25) is 0 Å². The van der Waals surface area contributed by atoms with Crippen LogP contribution in [0.15, 0.2) is 28.6 Å². The molecule has 0 aromatic heterocycles. The maximum Gasteiger partial charge on any atom is 0.135 e. The summed E-state index contributed by atoms with van der Waals surface area (Å²) in [6.45, 7) is 5.98. The first kappa shape index (κ1) is 25.5. The van der Waals surface area contributed by atoms with Crippen molar-refractivity contribution in [1.29, 1.82) is 0 Å². The van der Waals surface area contributed by atoms with Gasteiger partial charge in [-0.05, 0) is 56.2 Å². The molecule has 0 radical (unpaired) electrons. The van der Waals surface area contributed by atoms with Crippen molar-refractivity contribution in [1.82, 2.24) is 9.80 Å². The van der Waals surface area contributed by atoms with Gasteiger partial charge in [0.1, 0.15) is 11.7 Å². The summed E-state index contributed by atoms with van der Waals surface area (Å²) in [6, 6.07) is 4.72. The molecule has 1 aromatic rings. The standard InChI is InChI=1S/C23H38N6O4/c1-27-12-14-28(15-13-27)18-6-7-19(20(16-18)25-32)24-9-4-2-3-5-10-29-11-8-22(31)23(26-33)21(29)17-30/h6-7,16,21-24,30-31H,2-5,8-15,17H2,1H3/t21-,22-,23?/m1/s1. The van der Waals surface area contributed by atoms with Crippen molar-refractivity contribution in [3.05, 3.63) is 28.0 Å². The molecule has 2 fully saturated rings. The zero-order chi connectivity index (χ0) is 23.6. The summed E-state index contributed by atoms with van der Waals surface area (Å²) in [4.78, 5) is 29.1. The van der Waals surface area contributed by atoms with Gasteiger partial charge in [-0.3, -0.25) is 4.90 Å². The molecule has 2 saturated heterocycles. The van der Waals surface area contributed by atoms with Crippen molar-refractivity contribution in [2.24, 2.45) is 10.4 Å². The number of rotatable bonds is 12. The number of unbranched alkanes of at least 4 members (excludes halogenated alkanes) is 3. The fraction of sp³-hybridized carbons (Fsp3) is 0.739. The minimum absolute atomic E-state index is 0.169. The summed E-state index contributed by atoms with van der Waals surface area (Å²) >= 11 is 0. The number of aliphatic hydroxyl groups is 2. The van der Waals surface area contributed by atoms with Gasteiger partial charge >= 0.3 is 0 Å². The number of benzene rings is 1. The van der Waals surface area contributed by atoms with Crippen molar-refractivity contribution in [3.8, 4) is 0 Å². The van der Waals surface area contributed by atoms with Crippen molar-refractivity contribution >= 4 is 17.1 Å². The monoisotopic (exact) mass is 462 g/mol. The third kappa shape index (κ3) is 6.92. The number of anilines is 2. The Morgan fingerprint density at radius 1 is 1.06 bits per heavy atom. The van der Waals surface area contributed by atoms with E-state index in [0.717, 1.165) is 76.3 Å². The topological polar surface area (TPSA) is 121 Å². The Kier molecular flexibility index (Phi) is 9.98. The minimum Gasteiger partial charge on any atom is -0.395 e. The van der Waals surface area contributed by atoms with Gasteiger partial charge in [0.05, 0.1) is 24.4 Å². The summed E-state index contributed by atoms with van der Waals surface area (Å²) in [5.41, 5.74) is 2.27. The van der Waals surface area contributed by atoms with Crippen molar-refractivity contribution in [2.75, 3.05) is 69.7 Å². The number of aliphatic hydroxyl groups excluding tert-OH is 2. The van der Waals surface area contributed by atoms with Crippen LogP contribution in [0.5, 0.6) is 0 Å². The Labute approximate surface area is 195 Å². The normalized spacial score (nSPS) is 24.6. The maximum atomic E-state index is 11.4. The number of hydrogen-bond acceptors (Lipinski definition) is 10. The molecule has 3 rings (SSSR count). The summed E-state index contributed by atoms with van der Waals surface area (Å²) in [5, 5.41) is 29.1. The van der Waals surface area contributed by atoms with Gasteiger partial charge in [0, 0.05) is 45.0 Å². The maximum absolute atomic E-state index is 11.4. The number of likely N-dealkylation sites (tertiary alicyclic amines) is 1. The van der Waals surface area contributed by atoms with Crippen LogP contribution < -0.4 is 10.2 Å². The summed E-state index contributed by atoms with van der Waals surface area (Å²) < 4.78 is 0. The first-order valence-corrected chi connectivity index (χ1v) is 12.1. The van der Waals surface area contributed by atoms with Crippen LogP contribution in [-0.2, 0) is 0 Å². The van der Waals surface area contributed by atoms with Crippen molar-refractivity contribution in [2.45, 2.75) is 50.3 Å². The smallest absolute Gasteiger partial charge is 0.135 e. The molecule has 0 saturated carbocycles. The van der Waals surface area contributed by atoms with E-state index in [4.69, 9.17) is 0 Å². The average molecular weight is 463 g/mol. The van der Waals surface area contributed by atoms with Gasteiger partial charge in [-0.15, -0.1) is 4.91 Å². The highest BCUT2D eigenvalue weighted by Gasteiger charge is 2.37. The molecule has 0 aliphatic carbocycles. The van der Waals surface area contributed by atoms with E-state index in [2.05, 4.69) is 43.5 Å². The Morgan fingerprint density at radius 3 is 2.52 bits per heavy atom. The second-order valence-electron chi connectivity index (χ2n) is 9.16. The second-order valence-corrected chi connectivity index (χ2v) is 9.16. The van der Waals surface area contributed by atoms with Crippen LogP contribution in [0, 0.1) is 9.81 Å². The van der Waals surface area contributed by atoms with Crippen molar-refractivity contribution in [3.63, 3.8) is 0 Å². The molecule has 0 amide bonds. The molecule has 10 nitrogen and oxygen atoms in total. The minimum atomic E-state index is -0.761. The van der Waals surface area contributed by atoms with Gasteiger partial charge in [0.15, 0.2) is 0 Å². The molecule has 3 atom stereocenters. The zero-order valence-corrected chi connectivity index (χ0v) is 19.6. The van der Waals surface area contributed by atoms with Crippen LogP contribution in [0.1, 0.15) is 32.1 Å². The number of nitroso groups, excluding NO2 is 2. The number of nitrogens with zero attached hydrogens (tertiary/aromatic N) is 5. The van der Waals surface area contributed by atoms with Gasteiger partial charge < -0.3 is 25.3 Å². The Balaban J connectivity index is 1.36. The summed E-state index contributed by atoms with van der Waals surface area (Å²) in [7, 11) is 2.12. The van der Waals surface area contributed by atoms with E-state index in [9.17, 15) is 20.0 Å². The average Bonchev–Trinajstić information content (AvgIpc) is 2.84. The molecule has 2 aliphatic rings. The van der Waals surface area contributed by atoms with E-state index in [1.807, 2.05) is 12.1 Å². The Hall–Kier alpha value is -2.14. The lowest BCUT2D eigenvalue weighted by Gasteiger charge is -2.39. The van der Waals surface area contributed by atoms with Crippen LogP contribution in [0.2, 0.25) is 0 Å². The van der Waals surface area contributed by atoms with Crippen LogP contribution in [-0.4, -0.2) is 97.7 Å². The fourth-order valence-corrected chi connectivity index (χ4v) is 4.77. The van der Waals surface area contributed by atoms with Crippen LogP contribution >= 0.6 is 0 Å². The van der Waals surface area contributed by atoms with E-state index >= 15 is 0 Å². The van der Waals surface area contributed by atoms with Gasteiger partial charge in [-0.25, -0.2) is 0 Å². The lowest BCUT2D eigenvalue weighted by Crippen LogP contribution is -2.55. The highest BCUT2D eigenvalue weighted by atomic mass is 16.3. The lowest BCUT2D eigenvalue weighted by molar-refractivity contribution is -0.00188. The molecule has 0 spiro atoms. The molecule has 3 N–H and O–H groups in total. The van der Waals surface area contributed by atoms with Crippen LogP contribution in [0.25, 0.3) is 0 Å². The van der Waals surface area contributed by atoms with E-state index in [1.54, 1.807) is 0 Å². The van der Waals surface area contributed by atoms with E-state index in [1.165, 1.54) is 0 Å².